The standard InChI is InChI=1S/C15H25N3O/c1-17-14(12-10-18-9-8-13(12)16)15(19-2)11-6-4-3-5-7-11/h8-11,14-15,17H,3-7H2,1-2H3,(H2,16,18). The van der Waals surface area contributed by atoms with Gasteiger partial charge in [-0.25, -0.2) is 0 Å². The summed E-state index contributed by atoms with van der Waals surface area (Å²) in [5.41, 5.74) is 7.91. The van der Waals surface area contributed by atoms with Crippen LogP contribution < -0.4 is 11.1 Å². The molecule has 106 valence electrons. The van der Waals surface area contributed by atoms with Gasteiger partial charge in [-0.2, -0.15) is 0 Å². The van der Waals surface area contributed by atoms with Crippen molar-refractivity contribution < 1.29 is 4.74 Å². The van der Waals surface area contributed by atoms with E-state index < -0.39 is 0 Å². The maximum atomic E-state index is 6.08. The summed E-state index contributed by atoms with van der Waals surface area (Å²) in [6.07, 6.45) is 10.2. The zero-order valence-corrected chi connectivity index (χ0v) is 11.9. The van der Waals surface area contributed by atoms with Crippen molar-refractivity contribution in [2.24, 2.45) is 5.92 Å². The van der Waals surface area contributed by atoms with E-state index in [2.05, 4.69) is 10.3 Å². The third kappa shape index (κ3) is 3.25. The Labute approximate surface area is 115 Å². The number of hydrogen-bond donors (Lipinski definition) is 2. The Kier molecular flexibility index (Phi) is 5.16. The Balaban J connectivity index is 2.20. The zero-order chi connectivity index (χ0) is 13.7. The molecule has 0 radical (unpaired) electrons. The van der Waals surface area contributed by atoms with Crippen molar-refractivity contribution in [2.45, 2.75) is 44.2 Å². The molecule has 19 heavy (non-hydrogen) atoms. The van der Waals surface area contributed by atoms with Crippen molar-refractivity contribution in [3.8, 4) is 0 Å². The third-order valence-corrected chi connectivity index (χ3v) is 4.25. The first-order chi connectivity index (χ1) is 9.27. The van der Waals surface area contributed by atoms with Crippen LogP contribution in [0.1, 0.15) is 43.7 Å². The largest absolute Gasteiger partial charge is 0.398 e. The Bertz CT molecular complexity index is 391. The van der Waals surface area contributed by atoms with Crippen LogP contribution in [0.5, 0.6) is 0 Å². The highest BCUT2D eigenvalue weighted by atomic mass is 16.5. The number of anilines is 1. The molecule has 1 heterocycles. The lowest BCUT2D eigenvalue weighted by atomic mass is 9.81. The van der Waals surface area contributed by atoms with E-state index in [0.717, 1.165) is 11.3 Å². The Morgan fingerprint density at radius 1 is 1.37 bits per heavy atom. The summed E-state index contributed by atoms with van der Waals surface area (Å²) in [5.74, 6) is 0.607. The van der Waals surface area contributed by atoms with Gasteiger partial charge in [-0.05, 0) is 31.9 Å². The summed E-state index contributed by atoms with van der Waals surface area (Å²) in [7, 11) is 3.77. The van der Waals surface area contributed by atoms with E-state index in [1.165, 1.54) is 32.1 Å². The fourth-order valence-electron chi connectivity index (χ4n) is 3.24. The lowest BCUT2D eigenvalue weighted by molar-refractivity contribution is 0.00951. The first-order valence-electron chi connectivity index (χ1n) is 7.17. The van der Waals surface area contributed by atoms with Gasteiger partial charge in [-0.15, -0.1) is 0 Å². The van der Waals surface area contributed by atoms with Crippen LogP contribution in [0.25, 0.3) is 0 Å². The molecule has 4 nitrogen and oxygen atoms in total. The second kappa shape index (κ2) is 6.87. The molecule has 2 rings (SSSR count). The summed E-state index contributed by atoms with van der Waals surface area (Å²) in [5, 5.41) is 3.36. The first-order valence-corrected chi connectivity index (χ1v) is 7.17. The third-order valence-electron chi connectivity index (χ3n) is 4.25. The summed E-state index contributed by atoms with van der Waals surface area (Å²) >= 11 is 0. The zero-order valence-electron chi connectivity index (χ0n) is 11.9. The number of likely N-dealkylation sites (N-methyl/N-ethyl adjacent to an activating group) is 1. The molecule has 3 N–H and O–H groups in total. The molecule has 0 aromatic carbocycles. The molecule has 1 aromatic rings. The van der Waals surface area contributed by atoms with Crippen molar-refractivity contribution in [1.82, 2.24) is 10.3 Å². The van der Waals surface area contributed by atoms with Crippen LogP contribution in [0.2, 0.25) is 0 Å². The smallest absolute Gasteiger partial charge is 0.0795 e. The number of nitrogens with two attached hydrogens (primary N) is 1. The van der Waals surface area contributed by atoms with E-state index in [0.29, 0.717) is 5.92 Å². The van der Waals surface area contributed by atoms with Crippen LogP contribution in [-0.2, 0) is 4.74 Å². The van der Waals surface area contributed by atoms with Crippen molar-refractivity contribution in [2.75, 3.05) is 19.9 Å². The van der Waals surface area contributed by atoms with E-state index in [-0.39, 0.29) is 12.1 Å². The van der Waals surface area contributed by atoms with Crippen LogP contribution >= 0.6 is 0 Å². The van der Waals surface area contributed by atoms with Gasteiger partial charge < -0.3 is 15.8 Å². The predicted octanol–water partition coefficient (Wildman–Crippen LogP) is 2.52. The van der Waals surface area contributed by atoms with Gasteiger partial charge in [-0.1, -0.05) is 19.3 Å². The molecule has 0 aliphatic heterocycles. The predicted molar refractivity (Wildman–Crippen MR) is 77.8 cm³/mol. The molecule has 0 saturated heterocycles. The number of ether oxygens (including phenoxy) is 1. The molecule has 1 aromatic heterocycles. The molecule has 2 atom stereocenters. The number of nitrogens with zero attached hydrogens (tertiary/aromatic N) is 1. The molecular weight excluding hydrogens is 238 g/mol. The van der Waals surface area contributed by atoms with Gasteiger partial charge in [0.2, 0.25) is 0 Å². The van der Waals surface area contributed by atoms with Crippen LogP contribution in [0, 0.1) is 5.92 Å². The minimum absolute atomic E-state index is 0.113. The minimum atomic E-state index is 0.113. The van der Waals surface area contributed by atoms with Crippen LogP contribution in [0.3, 0.4) is 0 Å². The molecule has 1 saturated carbocycles. The molecule has 0 bridgehead atoms. The second-order valence-corrected chi connectivity index (χ2v) is 5.37. The highest BCUT2D eigenvalue weighted by Crippen LogP contribution is 2.35. The molecular formula is C15H25N3O. The topological polar surface area (TPSA) is 60.2 Å². The SMILES string of the molecule is CNC(c1cnccc1N)C(OC)C1CCCCC1. The summed E-state index contributed by atoms with van der Waals surface area (Å²) < 4.78 is 5.81. The van der Waals surface area contributed by atoms with E-state index in [1.807, 2.05) is 19.3 Å². The Hall–Kier alpha value is -1.13. The van der Waals surface area contributed by atoms with Gasteiger partial charge in [0.15, 0.2) is 0 Å². The van der Waals surface area contributed by atoms with Gasteiger partial charge >= 0.3 is 0 Å². The highest BCUT2D eigenvalue weighted by Gasteiger charge is 2.31. The van der Waals surface area contributed by atoms with Gasteiger partial charge in [0.25, 0.3) is 0 Å². The molecule has 4 heteroatoms. The number of aromatic nitrogens is 1. The highest BCUT2D eigenvalue weighted by molar-refractivity contribution is 5.46. The molecule has 1 aliphatic rings. The van der Waals surface area contributed by atoms with E-state index >= 15 is 0 Å². The quantitative estimate of drug-likeness (QED) is 0.857. The summed E-state index contributed by atoms with van der Waals surface area (Å²) in [6, 6.07) is 1.97. The average molecular weight is 263 g/mol. The molecule has 1 aliphatic carbocycles. The number of rotatable bonds is 5. The van der Waals surface area contributed by atoms with Crippen LogP contribution in [0.4, 0.5) is 5.69 Å². The van der Waals surface area contributed by atoms with E-state index in [1.54, 1.807) is 13.3 Å². The fourth-order valence-corrected chi connectivity index (χ4v) is 3.24. The van der Waals surface area contributed by atoms with E-state index in [4.69, 9.17) is 10.5 Å². The molecule has 2 unspecified atom stereocenters. The molecule has 0 spiro atoms. The van der Waals surface area contributed by atoms with Gasteiger partial charge in [0.05, 0.1) is 12.1 Å². The van der Waals surface area contributed by atoms with E-state index in [9.17, 15) is 0 Å². The maximum absolute atomic E-state index is 6.08. The number of methoxy groups -OCH3 is 1. The Morgan fingerprint density at radius 3 is 2.68 bits per heavy atom. The fraction of sp³-hybridized carbons (Fsp3) is 0.667. The first kappa shape index (κ1) is 14.3. The maximum Gasteiger partial charge on any atom is 0.0795 e. The van der Waals surface area contributed by atoms with Crippen molar-refractivity contribution in [1.29, 1.82) is 0 Å². The number of nitrogens with one attached hydrogen (secondary N) is 1. The second-order valence-electron chi connectivity index (χ2n) is 5.37. The average Bonchev–Trinajstić information content (AvgIpc) is 2.46. The van der Waals surface area contributed by atoms with Crippen LogP contribution in [-0.4, -0.2) is 25.2 Å². The summed E-state index contributed by atoms with van der Waals surface area (Å²) in [4.78, 5) is 4.20. The monoisotopic (exact) mass is 263 g/mol. The molecule has 1 fully saturated rings. The van der Waals surface area contributed by atoms with Gasteiger partial charge in [0, 0.05) is 30.8 Å². The van der Waals surface area contributed by atoms with Crippen molar-refractivity contribution in [3.63, 3.8) is 0 Å². The Morgan fingerprint density at radius 2 is 2.11 bits per heavy atom. The normalized spacial score (nSPS) is 20.1. The lowest BCUT2D eigenvalue weighted by Gasteiger charge is -2.35. The number of hydrogen-bond acceptors (Lipinski definition) is 4. The number of nitrogen functional groups attached to an aromatic ring is 1. The van der Waals surface area contributed by atoms with Crippen LogP contribution in [0.15, 0.2) is 18.5 Å². The molecule has 0 amide bonds. The van der Waals surface area contributed by atoms with Gasteiger partial charge in [0.1, 0.15) is 0 Å². The van der Waals surface area contributed by atoms with Crippen molar-refractivity contribution in [3.05, 3.63) is 24.0 Å². The minimum Gasteiger partial charge on any atom is -0.398 e. The van der Waals surface area contributed by atoms with Gasteiger partial charge in [-0.3, -0.25) is 4.98 Å². The summed E-state index contributed by atoms with van der Waals surface area (Å²) in [6.45, 7) is 0. The number of pyridine rings is 1. The lowest BCUT2D eigenvalue weighted by Crippen LogP contribution is -2.38. The van der Waals surface area contributed by atoms with Crippen molar-refractivity contribution >= 4 is 5.69 Å².